The Labute approximate surface area is 176 Å². The largest absolute Gasteiger partial charge is 0.394 e. The molecule has 2 heterocycles. The number of amides is 1. The van der Waals surface area contributed by atoms with Gasteiger partial charge in [-0.1, -0.05) is 36.4 Å². The highest BCUT2D eigenvalue weighted by Gasteiger charge is 2.46. The topological polar surface area (TPSA) is 85.3 Å². The van der Waals surface area contributed by atoms with Gasteiger partial charge in [-0.2, -0.15) is 0 Å². The molecule has 2 aromatic carbocycles. The second-order valence-corrected chi connectivity index (χ2v) is 7.81. The highest BCUT2D eigenvalue weighted by molar-refractivity contribution is 5.94. The van der Waals surface area contributed by atoms with Crippen LogP contribution >= 0.6 is 0 Å². The summed E-state index contributed by atoms with van der Waals surface area (Å²) in [5, 5.41) is 23.3. The maximum absolute atomic E-state index is 12.4. The van der Waals surface area contributed by atoms with Crippen LogP contribution in [0.2, 0.25) is 0 Å². The average Bonchev–Trinajstić information content (AvgIpc) is 3.14. The van der Waals surface area contributed by atoms with Crippen LogP contribution in [0, 0.1) is 0 Å². The summed E-state index contributed by atoms with van der Waals surface area (Å²) in [7, 11) is 0. The van der Waals surface area contributed by atoms with Gasteiger partial charge in [-0.25, -0.2) is 0 Å². The zero-order chi connectivity index (χ0) is 20.9. The first-order chi connectivity index (χ1) is 14.7. The number of carbonyl (C=O) groups is 1. The number of aliphatic hydroxyl groups is 2. The van der Waals surface area contributed by atoms with Crippen molar-refractivity contribution in [2.24, 2.45) is 0 Å². The third-order valence-corrected chi connectivity index (χ3v) is 6.00. The summed E-state index contributed by atoms with van der Waals surface area (Å²) in [4.78, 5) is 17.0. The Morgan fingerprint density at radius 2 is 1.60 bits per heavy atom. The lowest BCUT2D eigenvalue weighted by atomic mass is 10.0. The SMILES string of the molecule is O=C(NC[C@H]1O[C@@H](CO)[C@@H](O)[C@H]1N1CCN(c2ccccc2)CC1)c1ccccc1. The highest BCUT2D eigenvalue weighted by atomic mass is 16.5. The van der Waals surface area contributed by atoms with Crippen molar-refractivity contribution < 1.29 is 19.7 Å². The minimum Gasteiger partial charge on any atom is -0.394 e. The van der Waals surface area contributed by atoms with Crippen LogP contribution in [0.3, 0.4) is 0 Å². The van der Waals surface area contributed by atoms with Crippen LogP contribution in [0.1, 0.15) is 10.4 Å². The van der Waals surface area contributed by atoms with Crippen molar-refractivity contribution in [3.8, 4) is 0 Å². The fourth-order valence-corrected chi connectivity index (χ4v) is 4.40. The Balaban J connectivity index is 1.39. The van der Waals surface area contributed by atoms with Gasteiger partial charge in [0.1, 0.15) is 12.2 Å². The van der Waals surface area contributed by atoms with Crippen LogP contribution in [-0.4, -0.2) is 84.7 Å². The summed E-state index contributed by atoms with van der Waals surface area (Å²) in [5.74, 6) is -0.172. The van der Waals surface area contributed by atoms with E-state index in [4.69, 9.17) is 4.74 Å². The first-order valence-corrected chi connectivity index (χ1v) is 10.5. The number of hydrogen-bond acceptors (Lipinski definition) is 6. The number of benzene rings is 2. The molecule has 7 heteroatoms. The van der Waals surface area contributed by atoms with E-state index in [9.17, 15) is 15.0 Å². The van der Waals surface area contributed by atoms with Crippen molar-refractivity contribution in [2.45, 2.75) is 24.4 Å². The first kappa shape index (κ1) is 20.8. The molecule has 2 aliphatic heterocycles. The summed E-state index contributed by atoms with van der Waals surface area (Å²) in [6, 6.07) is 19.0. The van der Waals surface area contributed by atoms with Crippen molar-refractivity contribution in [3.63, 3.8) is 0 Å². The third-order valence-electron chi connectivity index (χ3n) is 6.00. The maximum Gasteiger partial charge on any atom is 0.251 e. The van der Waals surface area contributed by atoms with Crippen LogP contribution in [0.4, 0.5) is 5.69 Å². The molecule has 4 atom stereocenters. The minimum absolute atomic E-state index is 0.172. The van der Waals surface area contributed by atoms with E-state index < -0.39 is 12.2 Å². The number of para-hydroxylation sites is 1. The van der Waals surface area contributed by atoms with E-state index in [1.807, 2.05) is 36.4 Å². The third kappa shape index (κ3) is 4.49. The molecule has 1 amide bonds. The molecule has 0 spiro atoms. The molecule has 2 fully saturated rings. The predicted molar refractivity (Wildman–Crippen MR) is 115 cm³/mol. The van der Waals surface area contributed by atoms with Crippen LogP contribution in [0.15, 0.2) is 60.7 Å². The number of nitrogens with one attached hydrogen (secondary N) is 1. The number of aliphatic hydroxyl groups excluding tert-OH is 2. The molecule has 0 bridgehead atoms. The van der Waals surface area contributed by atoms with E-state index in [0.717, 1.165) is 26.2 Å². The van der Waals surface area contributed by atoms with E-state index in [1.54, 1.807) is 12.1 Å². The number of rotatable bonds is 6. The summed E-state index contributed by atoms with van der Waals surface area (Å²) < 4.78 is 5.92. The molecule has 2 aromatic rings. The Kier molecular flexibility index (Phi) is 6.64. The molecule has 0 aromatic heterocycles. The van der Waals surface area contributed by atoms with Crippen LogP contribution < -0.4 is 10.2 Å². The summed E-state index contributed by atoms with van der Waals surface area (Å²) in [6.45, 7) is 3.29. The molecule has 0 radical (unpaired) electrons. The molecule has 0 unspecified atom stereocenters. The normalized spacial score (nSPS) is 27.2. The Morgan fingerprint density at radius 3 is 2.23 bits per heavy atom. The van der Waals surface area contributed by atoms with Gasteiger partial charge in [-0.3, -0.25) is 9.69 Å². The standard InChI is InChI=1S/C23H29N3O4/c27-16-20-22(28)21(19(30-20)15-24-23(29)17-7-3-1-4-8-17)26-13-11-25(12-14-26)18-9-5-2-6-10-18/h1-10,19-22,27-28H,11-16H2,(H,24,29)/t19-,20+,21+,22-/m1/s1. The van der Waals surface area contributed by atoms with Crippen LogP contribution in [0.25, 0.3) is 0 Å². The zero-order valence-electron chi connectivity index (χ0n) is 16.9. The molecule has 0 aliphatic carbocycles. The van der Waals surface area contributed by atoms with Gasteiger partial charge < -0.3 is 25.2 Å². The predicted octanol–water partition coefficient (Wildman–Crippen LogP) is 0.728. The fourth-order valence-electron chi connectivity index (χ4n) is 4.40. The van der Waals surface area contributed by atoms with Gasteiger partial charge >= 0.3 is 0 Å². The molecule has 3 N–H and O–H groups in total. The van der Waals surface area contributed by atoms with E-state index in [0.29, 0.717) is 5.56 Å². The second kappa shape index (κ2) is 9.57. The molecule has 0 saturated carbocycles. The number of anilines is 1. The highest BCUT2D eigenvalue weighted by Crippen LogP contribution is 2.27. The first-order valence-electron chi connectivity index (χ1n) is 10.5. The number of carbonyl (C=O) groups excluding carboxylic acids is 1. The molecule has 7 nitrogen and oxygen atoms in total. The van der Waals surface area contributed by atoms with E-state index in [-0.39, 0.29) is 31.2 Å². The maximum atomic E-state index is 12.4. The van der Waals surface area contributed by atoms with Crippen LogP contribution in [0.5, 0.6) is 0 Å². The number of nitrogens with zero attached hydrogens (tertiary/aromatic N) is 2. The monoisotopic (exact) mass is 411 g/mol. The molecular weight excluding hydrogens is 382 g/mol. The van der Waals surface area contributed by atoms with E-state index >= 15 is 0 Å². The molecule has 2 aliphatic rings. The Bertz CT molecular complexity index is 812. The van der Waals surface area contributed by atoms with Crippen molar-refractivity contribution >= 4 is 11.6 Å². The van der Waals surface area contributed by atoms with Gasteiger partial charge in [0.2, 0.25) is 0 Å². The minimum atomic E-state index is -0.795. The summed E-state index contributed by atoms with van der Waals surface area (Å²) >= 11 is 0. The molecule has 30 heavy (non-hydrogen) atoms. The Hall–Kier alpha value is -2.45. The van der Waals surface area contributed by atoms with Gasteiger partial charge in [0.25, 0.3) is 5.91 Å². The molecular formula is C23H29N3O4. The fraction of sp³-hybridized carbons (Fsp3) is 0.435. The van der Waals surface area contributed by atoms with Crippen molar-refractivity contribution in [2.75, 3.05) is 44.2 Å². The molecule has 4 rings (SSSR count). The van der Waals surface area contributed by atoms with Crippen molar-refractivity contribution in [1.82, 2.24) is 10.2 Å². The lowest BCUT2D eigenvalue weighted by molar-refractivity contribution is -0.0209. The average molecular weight is 412 g/mol. The van der Waals surface area contributed by atoms with Gasteiger partial charge in [0.15, 0.2) is 0 Å². The quantitative estimate of drug-likeness (QED) is 0.650. The van der Waals surface area contributed by atoms with Gasteiger partial charge in [-0.15, -0.1) is 0 Å². The zero-order valence-corrected chi connectivity index (χ0v) is 16.9. The summed E-state index contributed by atoms with van der Waals surface area (Å²) in [5.41, 5.74) is 1.78. The van der Waals surface area contributed by atoms with Gasteiger partial charge in [-0.05, 0) is 24.3 Å². The number of hydrogen-bond donors (Lipinski definition) is 3. The van der Waals surface area contributed by atoms with Crippen LogP contribution in [-0.2, 0) is 4.74 Å². The summed E-state index contributed by atoms with van der Waals surface area (Å²) in [6.07, 6.45) is -1.81. The Morgan fingerprint density at radius 1 is 0.967 bits per heavy atom. The van der Waals surface area contributed by atoms with Crippen molar-refractivity contribution in [1.29, 1.82) is 0 Å². The second-order valence-electron chi connectivity index (χ2n) is 7.81. The van der Waals surface area contributed by atoms with E-state index in [2.05, 4.69) is 27.2 Å². The number of ether oxygens (including phenoxy) is 1. The molecule has 2 saturated heterocycles. The van der Waals surface area contributed by atoms with Crippen molar-refractivity contribution in [3.05, 3.63) is 66.2 Å². The smallest absolute Gasteiger partial charge is 0.251 e. The lowest BCUT2D eigenvalue weighted by Gasteiger charge is -2.41. The van der Waals surface area contributed by atoms with Gasteiger partial charge in [0, 0.05) is 44.0 Å². The van der Waals surface area contributed by atoms with E-state index in [1.165, 1.54) is 5.69 Å². The number of piperazine rings is 1. The lowest BCUT2D eigenvalue weighted by Crippen LogP contribution is -2.57. The molecule has 160 valence electrons. The van der Waals surface area contributed by atoms with Gasteiger partial charge in [0.05, 0.1) is 18.8 Å².